The highest BCUT2D eigenvalue weighted by molar-refractivity contribution is 6.43. The van der Waals surface area contributed by atoms with Gasteiger partial charge in [0.05, 0.1) is 6.10 Å². The Labute approximate surface area is 136 Å². The van der Waals surface area contributed by atoms with Crippen LogP contribution in [0.25, 0.3) is 0 Å². The standard InChI is InChI=1S/C17H24N4O2/c1-19-16(6-8-18)17(23)20-10-15(22)12-21-9-7-13-4-2-3-5-14(13)11-21/h2-6,8,15,22H,7,9-12,18H2,1H3,(H,20,23)/b8-6-,19-16?/t15-/m0/s1. The summed E-state index contributed by atoms with van der Waals surface area (Å²) in [5.74, 6) is -0.336. The summed E-state index contributed by atoms with van der Waals surface area (Å²) in [6.45, 7) is 2.46. The molecule has 1 aromatic rings. The first kappa shape index (κ1) is 17.2. The lowest BCUT2D eigenvalue weighted by Crippen LogP contribution is -2.43. The second-order valence-corrected chi connectivity index (χ2v) is 5.59. The molecule has 1 aliphatic rings. The molecule has 2 rings (SSSR count). The van der Waals surface area contributed by atoms with Crippen LogP contribution in [0.1, 0.15) is 11.1 Å². The fraction of sp³-hybridized carbons (Fsp3) is 0.412. The first-order valence-corrected chi connectivity index (χ1v) is 7.74. The predicted molar refractivity (Wildman–Crippen MR) is 91.1 cm³/mol. The van der Waals surface area contributed by atoms with Gasteiger partial charge in [-0.25, -0.2) is 0 Å². The zero-order chi connectivity index (χ0) is 16.7. The van der Waals surface area contributed by atoms with Gasteiger partial charge in [-0.05, 0) is 29.8 Å². The van der Waals surface area contributed by atoms with Crippen molar-refractivity contribution in [2.24, 2.45) is 10.7 Å². The van der Waals surface area contributed by atoms with E-state index in [0.717, 1.165) is 19.5 Å². The lowest BCUT2D eigenvalue weighted by Gasteiger charge is -2.30. The molecule has 0 fully saturated rings. The van der Waals surface area contributed by atoms with Crippen molar-refractivity contribution in [1.29, 1.82) is 0 Å². The molecule has 1 heterocycles. The van der Waals surface area contributed by atoms with Crippen LogP contribution in [0.5, 0.6) is 0 Å². The number of amides is 1. The average molecular weight is 316 g/mol. The van der Waals surface area contributed by atoms with E-state index in [9.17, 15) is 9.90 Å². The van der Waals surface area contributed by atoms with Gasteiger partial charge in [0.25, 0.3) is 5.91 Å². The summed E-state index contributed by atoms with van der Waals surface area (Å²) in [6, 6.07) is 8.37. The second kappa shape index (κ2) is 8.45. The van der Waals surface area contributed by atoms with Gasteiger partial charge in [0.2, 0.25) is 0 Å². The third-order valence-corrected chi connectivity index (χ3v) is 3.90. The minimum absolute atomic E-state index is 0.189. The van der Waals surface area contributed by atoms with E-state index in [1.54, 1.807) is 0 Å². The van der Waals surface area contributed by atoms with Gasteiger partial charge in [-0.3, -0.25) is 14.7 Å². The summed E-state index contributed by atoms with van der Waals surface area (Å²) >= 11 is 0. The van der Waals surface area contributed by atoms with E-state index in [2.05, 4.69) is 33.4 Å². The van der Waals surface area contributed by atoms with Gasteiger partial charge in [0.15, 0.2) is 0 Å². The van der Waals surface area contributed by atoms with Gasteiger partial charge < -0.3 is 16.2 Å². The van der Waals surface area contributed by atoms with Crippen molar-refractivity contribution in [1.82, 2.24) is 10.2 Å². The van der Waals surface area contributed by atoms with Crippen LogP contribution in [0.2, 0.25) is 0 Å². The van der Waals surface area contributed by atoms with Crippen LogP contribution in [0.4, 0.5) is 0 Å². The van der Waals surface area contributed by atoms with E-state index in [4.69, 9.17) is 5.73 Å². The Balaban J connectivity index is 1.80. The third-order valence-electron chi connectivity index (χ3n) is 3.90. The SMILES string of the molecule is CN=C(/C=C\N)C(=O)NC[C@H](O)CN1CCc2ccccc2C1. The molecule has 0 aromatic heterocycles. The lowest BCUT2D eigenvalue weighted by atomic mass is 10.00. The van der Waals surface area contributed by atoms with Crippen LogP contribution >= 0.6 is 0 Å². The fourth-order valence-electron chi connectivity index (χ4n) is 2.72. The number of benzene rings is 1. The topological polar surface area (TPSA) is 90.9 Å². The number of aliphatic hydroxyl groups is 1. The molecule has 124 valence electrons. The monoisotopic (exact) mass is 316 g/mol. The summed E-state index contributed by atoms with van der Waals surface area (Å²) in [5, 5.41) is 12.8. The molecule has 23 heavy (non-hydrogen) atoms. The maximum absolute atomic E-state index is 11.9. The molecular formula is C17H24N4O2. The molecule has 0 aliphatic carbocycles. The fourth-order valence-corrected chi connectivity index (χ4v) is 2.72. The van der Waals surface area contributed by atoms with Crippen molar-refractivity contribution < 1.29 is 9.90 Å². The maximum atomic E-state index is 11.9. The molecule has 1 atom stereocenters. The highest BCUT2D eigenvalue weighted by Gasteiger charge is 2.19. The molecule has 0 unspecified atom stereocenters. The van der Waals surface area contributed by atoms with Crippen LogP contribution in [0.15, 0.2) is 41.5 Å². The zero-order valence-corrected chi connectivity index (χ0v) is 13.4. The van der Waals surface area contributed by atoms with Crippen molar-refractivity contribution in [2.45, 2.75) is 19.1 Å². The molecule has 6 heteroatoms. The molecule has 4 N–H and O–H groups in total. The van der Waals surface area contributed by atoms with E-state index in [1.165, 1.54) is 30.5 Å². The Bertz CT molecular complexity index is 598. The Morgan fingerprint density at radius 3 is 2.91 bits per heavy atom. The minimum Gasteiger partial charge on any atom is -0.405 e. The van der Waals surface area contributed by atoms with E-state index < -0.39 is 6.10 Å². The largest absolute Gasteiger partial charge is 0.405 e. The highest BCUT2D eigenvalue weighted by atomic mass is 16.3. The van der Waals surface area contributed by atoms with Crippen LogP contribution in [-0.4, -0.2) is 54.4 Å². The molecule has 0 bridgehead atoms. The smallest absolute Gasteiger partial charge is 0.269 e. The number of carbonyl (C=O) groups is 1. The first-order chi connectivity index (χ1) is 11.1. The number of β-amino-alcohol motifs (C(OH)–C–C–N with tert-alkyl or cyclic N) is 1. The van der Waals surface area contributed by atoms with Crippen molar-refractivity contribution in [3.8, 4) is 0 Å². The van der Waals surface area contributed by atoms with Crippen LogP contribution in [0.3, 0.4) is 0 Å². The molecular weight excluding hydrogens is 292 g/mol. The number of nitrogens with two attached hydrogens (primary N) is 1. The number of aliphatic imine (C=N–C) groups is 1. The summed E-state index contributed by atoms with van der Waals surface area (Å²) in [6.07, 6.45) is 3.07. The summed E-state index contributed by atoms with van der Waals surface area (Å²) in [4.78, 5) is 17.9. The first-order valence-electron chi connectivity index (χ1n) is 7.74. The molecule has 0 saturated carbocycles. The van der Waals surface area contributed by atoms with Gasteiger partial charge in [-0.2, -0.15) is 0 Å². The van der Waals surface area contributed by atoms with Crippen molar-refractivity contribution in [2.75, 3.05) is 26.7 Å². The zero-order valence-electron chi connectivity index (χ0n) is 13.4. The van der Waals surface area contributed by atoms with E-state index >= 15 is 0 Å². The summed E-state index contributed by atoms with van der Waals surface area (Å²) in [5.41, 5.74) is 8.19. The molecule has 0 radical (unpaired) electrons. The lowest BCUT2D eigenvalue weighted by molar-refractivity contribution is -0.115. The Morgan fingerprint density at radius 2 is 2.22 bits per heavy atom. The number of carbonyl (C=O) groups excluding carboxylic acids is 1. The quantitative estimate of drug-likeness (QED) is 0.648. The van der Waals surface area contributed by atoms with Crippen LogP contribution < -0.4 is 11.1 Å². The number of fused-ring (bicyclic) bond motifs is 1. The number of rotatable bonds is 6. The molecule has 1 amide bonds. The number of aliphatic hydroxyl groups excluding tert-OH is 1. The van der Waals surface area contributed by atoms with E-state index in [1.807, 2.05) is 6.07 Å². The van der Waals surface area contributed by atoms with Gasteiger partial charge in [0.1, 0.15) is 5.71 Å². The Hall–Kier alpha value is -2.18. The van der Waals surface area contributed by atoms with Crippen molar-refractivity contribution in [3.63, 3.8) is 0 Å². The van der Waals surface area contributed by atoms with Crippen LogP contribution in [-0.2, 0) is 17.8 Å². The Morgan fingerprint density at radius 1 is 1.48 bits per heavy atom. The van der Waals surface area contributed by atoms with Gasteiger partial charge >= 0.3 is 0 Å². The van der Waals surface area contributed by atoms with E-state index in [0.29, 0.717) is 6.54 Å². The normalized spacial score (nSPS) is 17.0. The molecule has 0 saturated heterocycles. The maximum Gasteiger partial charge on any atom is 0.269 e. The number of nitrogens with one attached hydrogen (secondary N) is 1. The van der Waals surface area contributed by atoms with Crippen molar-refractivity contribution >= 4 is 11.6 Å². The van der Waals surface area contributed by atoms with Gasteiger partial charge in [0, 0.05) is 33.2 Å². The average Bonchev–Trinajstić information content (AvgIpc) is 2.57. The third kappa shape index (κ3) is 4.91. The summed E-state index contributed by atoms with van der Waals surface area (Å²) < 4.78 is 0. The molecule has 1 aliphatic heterocycles. The highest BCUT2D eigenvalue weighted by Crippen LogP contribution is 2.18. The number of hydrogen-bond donors (Lipinski definition) is 3. The van der Waals surface area contributed by atoms with E-state index in [-0.39, 0.29) is 18.2 Å². The number of hydrogen-bond acceptors (Lipinski definition) is 5. The Kier molecular flexibility index (Phi) is 6.31. The second-order valence-electron chi connectivity index (χ2n) is 5.59. The van der Waals surface area contributed by atoms with Gasteiger partial charge in [-0.15, -0.1) is 0 Å². The molecule has 6 nitrogen and oxygen atoms in total. The summed E-state index contributed by atoms with van der Waals surface area (Å²) in [7, 11) is 1.52. The van der Waals surface area contributed by atoms with Crippen LogP contribution in [0, 0.1) is 0 Å². The minimum atomic E-state index is -0.621. The number of nitrogens with zero attached hydrogens (tertiary/aromatic N) is 2. The molecule has 0 spiro atoms. The molecule has 1 aromatic carbocycles. The predicted octanol–water partition coefficient (Wildman–Crippen LogP) is 0.0650. The van der Waals surface area contributed by atoms with Gasteiger partial charge in [-0.1, -0.05) is 24.3 Å². The van der Waals surface area contributed by atoms with Crippen molar-refractivity contribution in [3.05, 3.63) is 47.7 Å².